The van der Waals surface area contributed by atoms with Gasteiger partial charge in [-0.1, -0.05) is 18.2 Å². The number of methoxy groups -OCH3 is 1. The molecule has 34 heavy (non-hydrogen) atoms. The Kier molecular flexibility index (Phi) is 7.27. The third-order valence-electron chi connectivity index (χ3n) is 5.49. The molecule has 0 fully saturated rings. The maximum atomic E-state index is 12.8. The molecule has 1 aromatic carbocycles. The standard InChI is InChI=1S/C21H20F6N2O4S/c1-33-19(17-6-5-14(11-28-17)20(22,23)24)16-4-2-3-13-12-29(9-7-15(13)16)18(30)8-10-34(31,32)21(25,26)27/h2-6,11,19H,7-10,12H2,1H3. The van der Waals surface area contributed by atoms with Gasteiger partial charge in [-0.25, -0.2) is 8.42 Å². The Morgan fingerprint density at radius 3 is 2.41 bits per heavy atom. The molecule has 0 spiro atoms. The molecule has 0 saturated carbocycles. The van der Waals surface area contributed by atoms with E-state index in [4.69, 9.17) is 4.74 Å². The normalized spacial score (nSPS) is 15.7. The van der Waals surface area contributed by atoms with Gasteiger partial charge in [-0.2, -0.15) is 26.3 Å². The van der Waals surface area contributed by atoms with Gasteiger partial charge in [-0.05, 0) is 35.2 Å². The summed E-state index contributed by atoms with van der Waals surface area (Å²) in [7, 11) is -4.02. The van der Waals surface area contributed by atoms with Gasteiger partial charge in [0.15, 0.2) is 0 Å². The molecule has 1 amide bonds. The molecule has 1 aliphatic rings. The number of pyridine rings is 1. The van der Waals surface area contributed by atoms with E-state index in [2.05, 4.69) is 4.98 Å². The third-order valence-corrected chi connectivity index (χ3v) is 6.94. The van der Waals surface area contributed by atoms with Crippen molar-refractivity contribution in [3.05, 3.63) is 64.5 Å². The van der Waals surface area contributed by atoms with Crippen LogP contribution in [0.1, 0.15) is 40.5 Å². The van der Waals surface area contributed by atoms with E-state index in [-0.39, 0.29) is 18.8 Å². The van der Waals surface area contributed by atoms with Crippen LogP contribution >= 0.6 is 0 Å². The second-order valence-corrected chi connectivity index (χ2v) is 9.75. The highest BCUT2D eigenvalue weighted by molar-refractivity contribution is 7.92. The molecule has 2 heterocycles. The molecule has 1 unspecified atom stereocenters. The molecule has 0 radical (unpaired) electrons. The zero-order chi connectivity index (χ0) is 25.3. The summed E-state index contributed by atoms with van der Waals surface area (Å²) < 4.78 is 104. The van der Waals surface area contributed by atoms with Crippen LogP contribution in [0, 0.1) is 0 Å². The van der Waals surface area contributed by atoms with Gasteiger partial charge in [-0.3, -0.25) is 9.78 Å². The number of hydrogen-bond acceptors (Lipinski definition) is 5. The van der Waals surface area contributed by atoms with Crippen molar-refractivity contribution in [2.75, 3.05) is 19.4 Å². The van der Waals surface area contributed by atoms with Gasteiger partial charge in [0.1, 0.15) is 6.10 Å². The smallest absolute Gasteiger partial charge is 0.370 e. The van der Waals surface area contributed by atoms with Crippen LogP contribution in [0.5, 0.6) is 0 Å². The first-order valence-electron chi connectivity index (χ1n) is 9.98. The SMILES string of the molecule is COC(c1ccc(C(F)(F)F)cn1)c1cccc2c1CCN(C(=O)CCS(=O)(=O)C(F)(F)F)C2. The number of fused-ring (bicyclic) bond motifs is 1. The number of alkyl halides is 6. The largest absolute Gasteiger partial charge is 0.497 e. The molecule has 186 valence electrons. The molecule has 3 rings (SSSR count). The number of hydrogen-bond donors (Lipinski definition) is 0. The summed E-state index contributed by atoms with van der Waals surface area (Å²) in [4.78, 5) is 17.5. The van der Waals surface area contributed by atoms with E-state index < -0.39 is 51.3 Å². The van der Waals surface area contributed by atoms with Crippen molar-refractivity contribution in [2.24, 2.45) is 0 Å². The molecule has 6 nitrogen and oxygen atoms in total. The minimum absolute atomic E-state index is 0.0466. The molecule has 0 N–H and O–H groups in total. The van der Waals surface area contributed by atoms with E-state index in [9.17, 15) is 39.6 Å². The summed E-state index contributed by atoms with van der Waals surface area (Å²) in [6, 6.07) is 7.21. The van der Waals surface area contributed by atoms with E-state index >= 15 is 0 Å². The Balaban J connectivity index is 1.78. The summed E-state index contributed by atoms with van der Waals surface area (Å²) in [5.74, 6) is -2.05. The van der Waals surface area contributed by atoms with E-state index in [0.717, 1.165) is 11.6 Å². The van der Waals surface area contributed by atoms with E-state index in [1.54, 1.807) is 18.2 Å². The highest BCUT2D eigenvalue weighted by atomic mass is 32.2. The number of aromatic nitrogens is 1. The Bertz CT molecular complexity index is 1150. The fourth-order valence-electron chi connectivity index (χ4n) is 3.73. The van der Waals surface area contributed by atoms with Crippen molar-refractivity contribution >= 4 is 15.7 Å². The first kappa shape index (κ1) is 25.9. The summed E-state index contributed by atoms with van der Waals surface area (Å²) in [6.45, 7) is 0.177. The van der Waals surface area contributed by atoms with Crippen molar-refractivity contribution in [1.29, 1.82) is 0 Å². The number of carbonyl (C=O) groups excluding carboxylic acids is 1. The van der Waals surface area contributed by atoms with Crippen LogP contribution in [0.3, 0.4) is 0 Å². The molecule has 13 heteroatoms. The number of halogens is 6. The molecule has 0 aliphatic carbocycles. The second kappa shape index (κ2) is 9.53. The molecule has 0 saturated heterocycles. The lowest BCUT2D eigenvalue weighted by Gasteiger charge is -2.31. The number of ether oxygens (including phenoxy) is 1. The molecule has 0 bridgehead atoms. The maximum absolute atomic E-state index is 12.8. The van der Waals surface area contributed by atoms with Crippen molar-refractivity contribution in [1.82, 2.24) is 9.88 Å². The number of nitrogens with zero attached hydrogens (tertiary/aromatic N) is 2. The summed E-state index contributed by atoms with van der Waals surface area (Å²) in [6.07, 6.45) is -5.10. The third kappa shape index (κ3) is 5.52. The van der Waals surface area contributed by atoms with E-state index in [0.29, 0.717) is 23.7 Å². The Morgan fingerprint density at radius 1 is 1.15 bits per heavy atom. The summed E-state index contributed by atoms with van der Waals surface area (Å²) >= 11 is 0. The molecular formula is C21H20F6N2O4S. The van der Waals surface area contributed by atoms with Crippen molar-refractivity contribution in [2.45, 2.75) is 37.2 Å². The first-order chi connectivity index (χ1) is 15.7. The predicted octanol–water partition coefficient (Wildman–Crippen LogP) is 4.05. The van der Waals surface area contributed by atoms with Crippen LogP contribution in [0.25, 0.3) is 0 Å². The Labute approximate surface area is 191 Å². The van der Waals surface area contributed by atoms with Gasteiger partial charge < -0.3 is 9.64 Å². The van der Waals surface area contributed by atoms with Gasteiger partial charge >= 0.3 is 11.7 Å². The predicted molar refractivity (Wildman–Crippen MR) is 108 cm³/mol. The minimum atomic E-state index is -5.42. The fourth-order valence-corrected chi connectivity index (χ4v) is 4.40. The van der Waals surface area contributed by atoms with Gasteiger partial charge in [0.2, 0.25) is 15.7 Å². The number of amides is 1. The van der Waals surface area contributed by atoms with Crippen LogP contribution < -0.4 is 0 Å². The number of sulfone groups is 1. The van der Waals surface area contributed by atoms with E-state index in [1.165, 1.54) is 18.1 Å². The summed E-state index contributed by atoms with van der Waals surface area (Å²) in [5, 5.41) is 0. The van der Waals surface area contributed by atoms with Gasteiger partial charge in [0.05, 0.1) is 17.0 Å². The Hall–Kier alpha value is -2.67. The van der Waals surface area contributed by atoms with Gasteiger partial charge in [0.25, 0.3) is 0 Å². The lowest BCUT2D eigenvalue weighted by Crippen LogP contribution is -2.38. The lowest BCUT2D eigenvalue weighted by molar-refractivity contribution is -0.138. The number of carbonyl (C=O) groups is 1. The fraction of sp³-hybridized carbons (Fsp3) is 0.429. The average Bonchev–Trinajstić information content (AvgIpc) is 2.77. The first-order valence-corrected chi connectivity index (χ1v) is 11.6. The number of rotatable bonds is 6. The van der Waals surface area contributed by atoms with Crippen LogP contribution in [-0.2, 0) is 38.5 Å². The van der Waals surface area contributed by atoms with Crippen molar-refractivity contribution in [3.8, 4) is 0 Å². The zero-order valence-corrected chi connectivity index (χ0v) is 18.6. The monoisotopic (exact) mass is 510 g/mol. The second-order valence-electron chi connectivity index (χ2n) is 7.65. The van der Waals surface area contributed by atoms with Crippen LogP contribution in [0.4, 0.5) is 26.3 Å². The minimum Gasteiger partial charge on any atom is -0.370 e. The van der Waals surface area contributed by atoms with Crippen molar-refractivity contribution in [3.63, 3.8) is 0 Å². The maximum Gasteiger partial charge on any atom is 0.497 e. The molecular weight excluding hydrogens is 490 g/mol. The quantitative estimate of drug-likeness (QED) is 0.549. The van der Waals surface area contributed by atoms with Gasteiger partial charge in [-0.15, -0.1) is 0 Å². The summed E-state index contributed by atoms with van der Waals surface area (Å²) in [5.41, 5.74) is -3.98. The molecule has 1 atom stereocenters. The average molecular weight is 510 g/mol. The topological polar surface area (TPSA) is 76.6 Å². The highest BCUT2D eigenvalue weighted by Gasteiger charge is 2.45. The Morgan fingerprint density at radius 2 is 1.85 bits per heavy atom. The highest BCUT2D eigenvalue weighted by Crippen LogP contribution is 2.34. The van der Waals surface area contributed by atoms with Crippen LogP contribution in [0.2, 0.25) is 0 Å². The van der Waals surface area contributed by atoms with Crippen molar-refractivity contribution < 1.29 is 44.3 Å². The molecule has 1 aromatic heterocycles. The number of benzene rings is 1. The zero-order valence-electron chi connectivity index (χ0n) is 17.8. The molecule has 2 aromatic rings. The van der Waals surface area contributed by atoms with Crippen LogP contribution in [-0.4, -0.2) is 49.1 Å². The van der Waals surface area contributed by atoms with Gasteiger partial charge in [0, 0.05) is 32.8 Å². The van der Waals surface area contributed by atoms with E-state index in [1.807, 2.05) is 0 Å². The van der Waals surface area contributed by atoms with Crippen LogP contribution in [0.15, 0.2) is 36.5 Å². The lowest BCUT2D eigenvalue weighted by atomic mass is 9.90. The molecule has 1 aliphatic heterocycles.